The number of carboxylic acid groups (broad SMARTS) is 1. The molecule has 7 heteroatoms. The van der Waals surface area contributed by atoms with Gasteiger partial charge in [-0.15, -0.1) is 11.3 Å². The number of hydrogen-bond acceptors (Lipinski definition) is 4. The molecule has 0 bridgehead atoms. The fraction of sp³-hybridized carbons (Fsp3) is 0.500. The van der Waals surface area contributed by atoms with Crippen molar-refractivity contribution >= 4 is 29.1 Å². The maximum Gasteiger partial charge on any atom is 0.322 e. The highest BCUT2D eigenvalue weighted by molar-refractivity contribution is 7.10. The number of aliphatic carboxylic acids is 1. The van der Waals surface area contributed by atoms with Crippen molar-refractivity contribution in [3.05, 3.63) is 21.4 Å². The van der Waals surface area contributed by atoms with E-state index >= 15 is 0 Å². The predicted molar refractivity (Wildman–Crippen MR) is 78.5 cm³/mol. The van der Waals surface area contributed by atoms with E-state index in [1.165, 1.54) is 4.88 Å². The molecule has 114 valence electrons. The summed E-state index contributed by atoms with van der Waals surface area (Å²) in [5.41, 5.74) is 1.74. The third-order valence-electron chi connectivity index (χ3n) is 3.49. The van der Waals surface area contributed by atoms with Crippen LogP contribution in [0.1, 0.15) is 34.1 Å². The Hall–Kier alpha value is -1.89. The van der Waals surface area contributed by atoms with Crippen LogP contribution in [0.3, 0.4) is 0 Å². The molecule has 2 amide bonds. The summed E-state index contributed by atoms with van der Waals surface area (Å²) in [6.45, 7) is 1.54. The van der Waals surface area contributed by atoms with E-state index in [-0.39, 0.29) is 12.5 Å². The number of carbonyl (C=O) groups excluding carboxylic acids is 2. The molecule has 0 radical (unpaired) electrons. The van der Waals surface area contributed by atoms with Crippen LogP contribution in [0.5, 0.6) is 0 Å². The Morgan fingerprint density at radius 3 is 2.81 bits per heavy atom. The Morgan fingerprint density at radius 2 is 2.10 bits per heavy atom. The van der Waals surface area contributed by atoms with Gasteiger partial charge in [0.05, 0.1) is 12.1 Å². The zero-order chi connectivity index (χ0) is 15.4. The summed E-state index contributed by atoms with van der Waals surface area (Å²) in [5, 5.41) is 15.0. The van der Waals surface area contributed by atoms with E-state index in [2.05, 4.69) is 17.6 Å². The zero-order valence-corrected chi connectivity index (χ0v) is 12.6. The van der Waals surface area contributed by atoms with Gasteiger partial charge in [0, 0.05) is 10.3 Å². The van der Waals surface area contributed by atoms with E-state index in [0.717, 1.165) is 24.8 Å². The van der Waals surface area contributed by atoms with Crippen molar-refractivity contribution in [1.29, 1.82) is 0 Å². The standard InChI is InChI=1S/C14H18N2O4S/c1-8-2-3-9-10(7-21-11(9)4-8)14(20)16-5-12(17)15-6-13(18)19/h7-8H,2-6H2,1H3,(H,15,17)(H,16,20)(H,18,19). The van der Waals surface area contributed by atoms with Crippen molar-refractivity contribution in [1.82, 2.24) is 10.6 Å². The quantitative estimate of drug-likeness (QED) is 0.750. The molecule has 0 aromatic carbocycles. The summed E-state index contributed by atoms with van der Waals surface area (Å²) in [6, 6.07) is 0. The van der Waals surface area contributed by atoms with E-state index < -0.39 is 18.4 Å². The van der Waals surface area contributed by atoms with E-state index in [9.17, 15) is 14.4 Å². The van der Waals surface area contributed by atoms with E-state index in [4.69, 9.17) is 5.11 Å². The second-order valence-corrected chi connectivity index (χ2v) is 6.22. The summed E-state index contributed by atoms with van der Waals surface area (Å²) in [7, 11) is 0. The molecule has 1 aliphatic rings. The minimum atomic E-state index is -1.12. The first-order chi connectivity index (χ1) is 9.97. The second kappa shape index (κ2) is 6.71. The zero-order valence-electron chi connectivity index (χ0n) is 11.8. The van der Waals surface area contributed by atoms with Gasteiger partial charge in [0.2, 0.25) is 5.91 Å². The number of rotatable bonds is 5. The number of carboxylic acids is 1. The monoisotopic (exact) mass is 310 g/mol. The largest absolute Gasteiger partial charge is 0.480 e. The van der Waals surface area contributed by atoms with E-state index in [1.54, 1.807) is 11.3 Å². The van der Waals surface area contributed by atoms with Crippen molar-refractivity contribution < 1.29 is 19.5 Å². The Morgan fingerprint density at radius 1 is 1.33 bits per heavy atom. The predicted octanol–water partition coefficient (Wildman–Crippen LogP) is 0.804. The van der Waals surface area contributed by atoms with Crippen LogP contribution in [-0.4, -0.2) is 36.0 Å². The lowest BCUT2D eigenvalue weighted by atomic mass is 9.88. The van der Waals surface area contributed by atoms with Gasteiger partial charge >= 0.3 is 5.97 Å². The smallest absolute Gasteiger partial charge is 0.322 e. The highest BCUT2D eigenvalue weighted by atomic mass is 32.1. The molecule has 1 aromatic heterocycles. The highest BCUT2D eigenvalue weighted by Gasteiger charge is 2.23. The van der Waals surface area contributed by atoms with Gasteiger partial charge < -0.3 is 15.7 Å². The van der Waals surface area contributed by atoms with Crippen LogP contribution in [0.2, 0.25) is 0 Å². The molecular formula is C14H18N2O4S. The molecule has 0 aliphatic heterocycles. The van der Waals surface area contributed by atoms with Gasteiger partial charge in [-0.25, -0.2) is 0 Å². The van der Waals surface area contributed by atoms with Crippen LogP contribution in [-0.2, 0) is 22.4 Å². The minimum Gasteiger partial charge on any atom is -0.480 e. The van der Waals surface area contributed by atoms with E-state index in [1.807, 2.05) is 5.38 Å². The molecule has 1 aromatic rings. The number of amides is 2. The maximum absolute atomic E-state index is 12.1. The highest BCUT2D eigenvalue weighted by Crippen LogP contribution is 2.32. The SMILES string of the molecule is CC1CCc2c(C(=O)NCC(=O)NCC(=O)O)csc2C1. The Balaban J connectivity index is 1.90. The van der Waals surface area contributed by atoms with Crippen LogP contribution < -0.4 is 10.6 Å². The van der Waals surface area contributed by atoms with Crippen molar-refractivity contribution in [2.24, 2.45) is 5.92 Å². The van der Waals surface area contributed by atoms with Gasteiger partial charge in [0.1, 0.15) is 6.54 Å². The molecule has 0 saturated carbocycles. The van der Waals surface area contributed by atoms with E-state index in [0.29, 0.717) is 11.5 Å². The lowest BCUT2D eigenvalue weighted by Crippen LogP contribution is -2.39. The molecule has 2 rings (SSSR count). The first-order valence-electron chi connectivity index (χ1n) is 6.83. The molecule has 0 fully saturated rings. The van der Waals surface area contributed by atoms with Crippen LogP contribution in [0.15, 0.2) is 5.38 Å². The average Bonchev–Trinajstić information content (AvgIpc) is 2.85. The molecule has 1 heterocycles. The third kappa shape index (κ3) is 4.04. The third-order valence-corrected chi connectivity index (χ3v) is 4.54. The normalized spacial score (nSPS) is 16.9. The fourth-order valence-corrected chi connectivity index (χ4v) is 3.60. The van der Waals surface area contributed by atoms with Crippen molar-refractivity contribution in [2.45, 2.75) is 26.2 Å². The van der Waals surface area contributed by atoms with Crippen LogP contribution >= 0.6 is 11.3 Å². The number of thiophene rings is 1. The maximum atomic E-state index is 12.1. The molecule has 1 aliphatic carbocycles. The number of hydrogen-bond donors (Lipinski definition) is 3. The molecule has 1 atom stereocenters. The lowest BCUT2D eigenvalue weighted by molar-refractivity contribution is -0.137. The summed E-state index contributed by atoms with van der Waals surface area (Å²) < 4.78 is 0. The van der Waals surface area contributed by atoms with Gasteiger partial charge in [-0.1, -0.05) is 6.92 Å². The molecule has 0 saturated heterocycles. The summed E-state index contributed by atoms with van der Waals surface area (Å²) >= 11 is 1.59. The Bertz CT molecular complexity index is 567. The van der Waals surface area contributed by atoms with Crippen molar-refractivity contribution in [2.75, 3.05) is 13.1 Å². The number of fused-ring (bicyclic) bond motifs is 1. The average molecular weight is 310 g/mol. The van der Waals surface area contributed by atoms with Gasteiger partial charge in [0.15, 0.2) is 0 Å². The van der Waals surface area contributed by atoms with Crippen molar-refractivity contribution in [3.8, 4) is 0 Å². The van der Waals surface area contributed by atoms with Crippen molar-refractivity contribution in [3.63, 3.8) is 0 Å². The van der Waals surface area contributed by atoms with Gasteiger partial charge in [0.25, 0.3) is 5.91 Å². The second-order valence-electron chi connectivity index (χ2n) is 5.25. The number of nitrogens with one attached hydrogen (secondary N) is 2. The minimum absolute atomic E-state index is 0.215. The summed E-state index contributed by atoms with van der Waals surface area (Å²) in [6.07, 6.45) is 2.98. The molecule has 0 spiro atoms. The first kappa shape index (κ1) is 15.5. The van der Waals surface area contributed by atoms with Gasteiger partial charge in [-0.2, -0.15) is 0 Å². The number of carbonyl (C=O) groups is 3. The Labute approximate surface area is 126 Å². The molecule has 6 nitrogen and oxygen atoms in total. The summed E-state index contributed by atoms with van der Waals surface area (Å²) in [4.78, 5) is 35.0. The molecule has 3 N–H and O–H groups in total. The lowest BCUT2D eigenvalue weighted by Gasteiger charge is -2.18. The molecule has 21 heavy (non-hydrogen) atoms. The van der Waals surface area contributed by atoms with Gasteiger partial charge in [-0.05, 0) is 30.7 Å². The van der Waals surface area contributed by atoms with Crippen LogP contribution in [0, 0.1) is 5.92 Å². The fourth-order valence-electron chi connectivity index (χ4n) is 2.36. The Kier molecular flexibility index (Phi) is 4.95. The first-order valence-corrected chi connectivity index (χ1v) is 7.71. The summed E-state index contributed by atoms with van der Waals surface area (Å²) in [5.74, 6) is -1.25. The van der Waals surface area contributed by atoms with Gasteiger partial charge in [-0.3, -0.25) is 14.4 Å². The van der Waals surface area contributed by atoms with Crippen LogP contribution in [0.4, 0.5) is 0 Å². The van der Waals surface area contributed by atoms with Crippen LogP contribution in [0.25, 0.3) is 0 Å². The molecular weight excluding hydrogens is 292 g/mol. The molecule has 1 unspecified atom stereocenters. The topological polar surface area (TPSA) is 95.5 Å².